The van der Waals surface area contributed by atoms with Gasteiger partial charge >= 0.3 is 5.97 Å². The fraction of sp³-hybridized carbons (Fsp3) is 0.350. The number of likely N-dealkylation sites (N-methyl/N-ethyl adjacent to an activating group) is 1. The Balaban J connectivity index is 1.58. The van der Waals surface area contributed by atoms with Crippen molar-refractivity contribution in [2.24, 2.45) is 0 Å². The number of fused-ring (bicyclic) bond motifs is 2. The number of carbonyl (C=O) groups excluding carboxylic acids is 2. The minimum Gasteiger partial charge on any atom is -0.452 e. The van der Waals surface area contributed by atoms with Gasteiger partial charge in [-0.2, -0.15) is 0 Å². The molecule has 1 aromatic carbocycles. The van der Waals surface area contributed by atoms with Crippen molar-refractivity contribution in [2.45, 2.75) is 26.8 Å². The number of benzene rings is 1. The van der Waals surface area contributed by atoms with Crippen molar-refractivity contribution in [2.75, 3.05) is 25.0 Å². The van der Waals surface area contributed by atoms with Crippen LogP contribution in [0.1, 0.15) is 33.5 Å². The summed E-state index contributed by atoms with van der Waals surface area (Å²) in [6.45, 7) is 5.95. The van der Waals surface area contributed by atoms with E-state index in [0.29, 0.717) is 17.2 Å². The number of anilines is 1. The number of nitrogens with zero attached hydrogens (tertiary/aromatic N) is 4. The topological polar surface area (TPSA) is 97.3 Å². The number of rotatable bonds is 5. The minimum atomic E-state index is -0.513. The van der Waals surface area contributed by atoms with Gasteiger partial charge in [-0.15, -0.1) is 10.2 Å². The van der Waals surface area contributed by atoms with Gasteiger partial charge < -0.3 is 4.74 Å². The average molecular weight is 411 g/mol. The lowest BCUT2D eigenvalue weighted by Crippen LogP contribution is -2.32. The molecular formula is C20H21N5O3S. The van der Waals surface area contributed by atoms with Gasteiger partial charge in [0.05, 0.1) is 11.1 Å². The zero-order valence-electron chi connectivity index (χ0n) is 16.3. The Kier molecular flexibility index (Phi) is 5.50. The SMILES string of the molecule is CCN1CCc2nc3ccccc3c(C(=O)OCC(=O)Nc3nnc(C)s3)c2C1. The number of aryl methyl sites for hydroxylation is 1. The maximum Gasteiger partial charge on any atom is 0.339 e. The number of ether oxygens (including phenoxy) is 1. The highest BCUT2D eigenvalue weighted by molar-refractivity contribution is 7.15. The van der Waals surface area contributed by atoms with Crippen LogP contribution in [0, 0.1) is 6.92 Å². The Morgan fingerprint density at radius 3 is 2.86 bits per heavy atom. The van der Waals surface area contributed by atoms with E-state index in [1.165, 1.54) is 11.3 Å². The van der Waals surface area contributed by atoms with E-state index in [4.69, 9.17) is 9.72 Å². The number of pyridine rings is 1. The summed E-state index contributed by atoms with van der Waals surface area (Å²) in [5.74, 6) is -0.960. The number of nitrogens with one attached hydrogen (secondary N) is 1. The third-order valence-electron chi connectivity index (χ3n) is 4.88. The molecule has 0 spiro atoms. The first kappa shape index (κ1) is 19.4. The first-order valence-corrected chi connectivity index (χ1v) is 10.3. The molecule has 1 amide bonds. The number of amides is 1. The van der Waals surface area contributed by atoms with Crippen molar-refractivity contribution in [3.8, 4) is 0 Å². The van der Waals surface area contributed by atoms with Gasteiger partial charge in [-0.3, -0.25) is 20.0 Å². The van der Waals surface area contributed by atoms with Crippen molar-refractivity contribution in [3.63, 3.8) is 0 Å². The number of para-hydroxylation sites is 1. The van der Waals surface area contributed by atoms with Crippen molar-refractivity contribution in [1.29, 1.82) is 0 Å². The van der Waals surface area contributed by atoms with Crippen LogP contribution in [0.15, 0.2) is 24.3 Å². The first-order chi connectivity index (χ1) is 14.0. The molecule has 1 N–H and O–H groups in total. The predicted molar refractivity (Wildman–Crippen MR) is 110 cm³/mol. The highest BCUT2D eigenvalue weighted by Crippen LogP contribution is 2.28. The van der Waals surface area contributed by atoms with Gasteiger partial charge in [0.25, 0.3) is 5.91 Å². The minimum absolute atomic E-state index is 0.383. The van der Waals surface area contributed by atoms with Gasteiger partial charge in [-0.25, -0.2) is 4.79 Å². The molecule has 0 saturated carbocycles. The predicted octanol–water partition coefficient (Wildman–Crippen LogP) is 2.57. The monoisotopic (exact) mass is 411 g/mol. The quantitative estimate of drug-likeness (QED) is 0.645. The Bertz CT molecular complexity index is 1080. The Labute approximate surface area is 171 Å². The second kappa shape index (κ2) is 8.22. The number of aromatic nitrogens is 3. The van der Waals surface area contributed by atoms with Crippen molar-refractivity contribution >= 4 is 39.2 Å². The van der Waals surface area contributed by atoms with Gasteiger partial charge in [0.1, 0.15) is 5.01 Å². The Morgan fingerprint density at radius 1 is 1.28 bits per heavy atom. The zero-order chi connectivity index (χ0) is 20.4. The van der Waals surface area contributed by atoms with E-state index >= 15 is 0 Å². The molecule has 0 unspecified atom stereocenters. The third-order valence-corrected chi connectivity index (χ3v) is 5.64. The van der Waals surface area contributed by atoms with Crippen molar-refractivity contribution in [1.82, 2.24) is 20.1 Å². The molecule has 1 aliphatic rings. The lowest BCUT2D eigenvalue weighted by molar-refractivity contribution is -0.119. The van der Waals surface area contributed by atoms with Gasteiger partial charge in [-0.05, 0) is 19.5 Å². The normalized spacial score (nSPS) is 13.9. The fourth-order valence-electron chi connectivity index (χ4n) is 3.45. The van der Waals surface area contributed by atoms with E-state index in [1.807, 2.05) is 24.3 Å². The lowest BCUT2D eigenvalue weighted by atomic mass is 9.96. The molecule has 0 saturated heterocycles. The first-order valence-electron chi connectivity index (χ1n) is 9.45. The molecule has 0 bridgehead atoms. The Morgan fingerprint density at radius 2 is 2.10 bits per heavy atom. The molecule has 0 radical (unpaired) electrons. The largest absolute Gasteiger partial charge is 0.452 e. The second-order valence-electron chi connectivity index (χ2n) is 6.80. The summed E-state index contributed by atoms with van der Waals surface area (Å²) >= 11 is 1.26. The zero-order valence-corrected chi connectivity index (χ0v) is 17.1. The lowest BCUT2D eigenvalue weighted by Gasteiger charge is -2.28. The number of carbonyl (C=O) groups is 2. The Hall–Kier alpha value is -2.91. The third kappa shape index (κ3) is 4.10. The number of hydrogen-bond acceptors (Lipinski definition) is 8. The van der Waals surface area contributed by atoms with Gasteiger partial charge in [-0.1, -0.05) is 36.5 Å². The molecule has 9 heteroatoms. The van der Waals surface area contributed by atoms with E-state index in [-0.39, 0.29) is 6.61 Å². The molecule has 3 aromatic rings. The summed E-state index contributed by atoms with van der Waals surface area (Å²) in [6.07, 6.45) is 0.783. The molecular weight excluding hydrogens is 390 g/mol. The summed E-state index contributed by atoms with van der Waals surface area (Å²) in [7, 11) is 0. The van der Waals surface area contributed by atoms with E-state index in [1.54, 1.807) is 6.92 Å². The smallest absolute Gasteiger partial charge is 0.339 e. The molecule has 1 aliphatic heterocycles. The number of hydrogen-bond donors (Lipinski definition) is 1. The van der Waals surface area contributed by atoms with Gasteiger partial charge in [0.15, 0.2) is 6.61 Å². The summed E-state index contributed by atoms with van der Waals surface area (Å²) in [4.78, 5) is 32.2. The molecule has 3 heterocycles. The average Bonchev–Trinajstić information content (AvgIpc) is 3.14. The summed E-state index contributed by atoms with van der Waals surface area (Å²) in [6, 6.07) is 7.53. The molecule has 0 atom stereocenters. The molecule has 8 nitrogen and oxygen atoms in total. The van der Waals surface area contributed by atoms with Crippen LogP contribution in [0.3, 0.4) is 0 Å². The summed E-state index contributed by atoms with van der Waals surface area (Å²) < 4.78 is 5.37. The van der Waals surface area contributed by atoms with Gasteiger partial charge in [0.2, 0.25) is 5.13 Å². The number of esters is 1. The van der Waals surface area contributed by atoms with Crippen LogP contribution >= 0.6 is 11.3 Å². The maximum atomic E-state index is 13.0. The van der Waals surface area contributed by atoms with Crippen molar-refractivity contribution < 1.29 is 14.3 Å². The highest BCUT2D eigenvalue weighted by Gasteiger charge is 2.26. The van der Waals surface area contributed by atoms with Crippen LogP contribution < -0.4 is 5.32 Å². The van der Waals surface area contributed by atoms with Crippen LogP contribution in [0.5, 0.6) is 0 Å². The van der Waals surface area contributed by atoms with Crippen LogP contribution in [0.4, 0.5) is 5.13 Å². The molecule has 2 aromatic heterocycles. The second-order valence-corrected chi connectivity index (χ2v) is 7.98. The van der Waals surface area contributed by atoms with E-state index < -0.39 is 11.9 Å². The standard InChI is InChI=1S/C20H21N5O3S/c1-3-25-9-8-16-14(10-25)18(13-6-4-5-7-15(13)21-16)19(27)28-11-17(26)22-20-24-23-12(2)29-20/h4-7H,3,8-11H2,1-2H3,(H,22,24,26). The van der Waals surface area contributed by atoms with Crippen LogP contribution in [0.2, 0.25) is 0 Å². The van der Waals surface area contributed by atoms with E-state index in [0.717, 1.165) is 46.7 Å². The summed E-state index contributed by atoms with van der Waals surface area (Å²) in [5, 5.41) is 12.1. The summed E-state index contributed by atoms with van der Waals surface area (Å²) in [5.41, 5.74) is 3.08. The van der Waals surface area contributed by atoms with Crippen molar-refractivity contribution in [3.05, 3.63) is 46.1 Å². The van der Waals surface area contributed by atoms with E-state index in [9.17, 15) is 9.59 Å². The van der Waals surface area contributed by atoms with Crippen LogP contribution in [-0.4, -0.2) is 51.7 Å². The molecule has 0 fully saturated rings. The maximum absolute atomic E-state index is 13.0. The molecule has 29 heavy (non-hydrogen) atoms. The van der Waals surface area contributed by atoms with Gasteiger partial charge in [0, 0.05) is 36.2 Å². The van der Waals surface area contributed by atoms with Crippen LogP contribution in [0.25, 0.3) is 10.9 Å². The molecule has 0 aliphatic carbocycles. The highest BCUT2D eigenvalue weighted by atomic mass is 32.1. The van der Waals surface area contributed by atoms with Crippen LogP contribution in [-0.2, 0) is 22.5 Å². The molecule has 4 rings (SSSR count). The van der Waals surface area contributed by atoms with E-state index in [2.05, 4.69) is 27.3 Å². The molecule has 150 valence electrons. The fourth-order valence-corrected chi connectivity index (χ4v) is 4.06.